The molecule has 1 aromatic carbocycles. The number of benzene rings is 1. The molecule has 2 aliphatic heterocycles. The number of piperidine rings is 1. The summed E-state index contributed by atoms with van der Waals surface area (Å²) in [5.74, 6) is 2.49. The van der Waals surface area contributed by atoms with Gasteiger partial charge in [-0.15, -0.1) is 0 Å². The number of anilines is 1. The molecule has 2 aliphatic rings. The highest BCUT2D eigenvalue weighted by Crippen LogP contribution is 2.30. The van der Waals surface area contributed by atoms with Gasteiger partial charge >= 0.3 is 0 Å². The molecule has 2 unspecified atom stereocenters. The van der Waals surface area contributed by atoms with Gasteiger partial charge in [0.05, 0.1) is 10.4 Å². The molecule has 0 amide bonds. The van der Waals surface area contributed by atoms with Crippen LogP contribution >= 0.6 is 0 Å². The van der Waals surface area contributed by atoms with E-state index in [2.05, 4.69) is 10.2 Å². The van der Waals surface area contributed by atoms with Gasteiger partial charge in [-0.3, -0.25) is 10.1 Å². The number of aromatic nitrogens is 1. The third-order valence-corrected chi connectivity index (χ3v) is 4.90. The number of nitrogens with zero attached hydrogens (tertiary/aromatic N) is 3. The van der Waals surface area contributed by atoms with Gasteiger partial charge in [0.1, 0.15) is 5.82 Å². The van der Waals surface area contributed by atoms with Crippen molar-refractivity contribution in [1.82, 2.24) is 10.3 Å². The number of hydrogen-bond acceptors (Lipinski definition) is 5. The van der Waals surface area contributed by atoms with Crippen LogP contribution in [-0.2, 0) is 0 Å². The van der Waals surface area contributed by atoms with Crippen molar-refractivity contribution in [2.24, 2.45) is 11.8 Å². The lowest BCUT2D eigenvalue weighted by Gasteiger charge is -2.35. The zero-order valence-electron chi connectivity index (χ0n) is 12.2. The molecule has 2 aromatic rings. The van der Waals surface area contributed by atoms with Crippen molar-refractivity contribution in [3.8, 4) is 0 Å². The van der Waals surface area contributed by atoms with Gasteiger partial charge in [-0.05, 0) is 49.5 Å². The molecule has 6 nitrogen and oxygen atoms in total. The second-order valence-electron chi connectivity index (χ2n) is 6.22. The van der Waals surface area contributed by atoms with Gasteiger partial charge in [-0.25, -0.2) is 4.98 Å². The Morgan fingerprint density at radius 3 is 2.95 bits per heavy atom. The van der Waals surface area contributed by atoms with Crippen molar-refractivity contribution in [2.75, 3.05) is 31.1 Å². The Labute approximate surface area is 128 Å². The molecular formula is C16H18N4O2. The second-order valence-corrected chi connectivity index (χ2v) is 6.22. The van der Waals surface area contributed by atoms with E-state index < -0.39 is 0 Å². The largest absolute Gasteiger partial charge is 0.356 e. The molecule has 22 heavy (non-hydrogen) atoms. The topological polar surface area (TPSA) is 71.3 Å². The maximum absolute atomic E-state index is 10.8. The fourth-order valence-electron chi connectivity index (χ4n) is 3.63. The number of nitro benzene ring substituents is 1. The number of rotatable bonds is 2. The van der Waals surface area contributed by atoms with Crippen molar-refractivity contribution in [3.05, 3.63) is 40.4 Å². The quantitative estimate of drug-likeness (QED) is 0.679. The first kappa shape index (κ1) is 13.5. The first-order chi connectivity index (χ1) is 10.7. The molecule has 2 saturated heterocycles. The Balaban J connectivity index is 1.62. The van der Waals surface area contributed by atoms with Crippen molar-refractivity contribution >= 4 is 22.4 Å². The molecule has 0 aliphatic carbocycles. The summed E-state index contributed by atoms with van der Waals surface area (Å²) >= 11 is 0. The van der Waals surface area contributed by atoms with Crippen LogP contribution in [0.3, 0.4) is 0 Å². The van der Waals surface area contributed by atoms with E-state index in [1.54, 1.807) is 12.1 Å². The summed E-state index contributed by atoms with van der Waals surface area (Å²) in [6, 6.07) is 8.75. The van der Waals surface area contributed by atoms with Gasteiger partial charge in [-0.1, -0.05) is 0 Å². The fraction of sp³-hybridized carbons (Fsp3) is 0.438. The molecule has 0 saturated carbocycles. The summed E-state index contributed by atoms with van der Waals surface area (Å²) in [5, 5.41) is 15.1. The molecule has 114 valence electrons. The summed E-state index contributed by atoms with van der Waals surface area (Å²) in [6.45, 7) is 4.33. The zero-order valence-corrected chi connectivity index (χ0v) is 12.2. The van der Waals surface area contributed by atoms with Crippen LogP contribution in [0.4, 0.5) is 11.5 Å². The Bertz CT molecular complexity index is 733. The number of nitrogens with one attached hydrogen (secondary N) is 1. The van der Waals surface area contributed by atoms with Crippen LogP contribution in [0.25, 0.3) is 10.9 Å². The van der Waals surface area contributed by atoms with Crippen LogP contribution < -0.4 is 10.2 Å². The second kappa shape index (κ2) is 5.21. The Kier molecular flexibility index (Phi) is 3.18. The zero-order chi connectivity index (χ0) is 15.1. The van der Waals surface area contributed by atoms with Crippen molar-refractivity contribution < 1.29 is 4.92 Å². The van der Waals surface area contributed by atoms with Crippen LogP contribution in [0.2, 0.25) is 0 Å². The highest BCUT2D eigenvalue weighted by Gasteiger charge is 2.33. The lowest BCUT2D eigenvalue weighted by atomic mass is 9.89. The Morgan fingerprint density at radius 2 is 2.09 bits per heavy atom. The van der Waals surface area contributed by atoms with E-state index in [0.29, 0.717) is 5.92 Å². The van der Waals surface area contributed by atoms with E-state index in [9.17, 15) is 10.1 Å². The van der Waals surface area contributed by atoms with Crippen LogP contribution in [0.15, 0.2) is 30.3 Å². The van der Waals surface area contributed by atoms with Crippen molar-refractivity contribution in [2.45, 2.75) is 6.42 Å². The number of non-ortho nitro benzene ring substituents is 1. The first-order valence-corrected chi connectivity index (χ1v) is 7.71. The van der Waals surface area contributed by atoms with E-state index in [0.717, 1.165) is 48.8 Å². The average Bonchev–Trinajstić information content (AvgIpc) is 3.01. The smallest absolute Gasteiger partial charge is 0.270 e. The van der Waals surface area contributed by atoms with Crippen LogP contribution in [0.5, 0.6) is 0 Å². The minimum atomic E-state index is -0.370. The van der Waals surface area contributed by atoms with Crippen molar-refractivity contribution in [3.63, 3.8) is 0 Å². The molecule has 6 heteroatoms. The summed E-state index contributed by atoms with van der Waals surface area (Å²) in [4.78, 5) is 17.5. The molecule has 0 bridgehead atoms. The molecule has 0 spiro atoms. The summed E-state index contributed by atoms with van der Waals surface area (Å²) < 4.78 is 0. The molecule has 0 radical (unpaired) electrons. The highest BCUT2D eigenvalue weighted by atomic mass is 16.6. The number of nitro groups is 1. The number of pyridine rings is 1. The number of hydrogen-bond donors (Lipinski definition) is 1. The van der Waals surface area contributed by atoms with Crippen molar-refractivity contribution in [1.29, 1.82) is 0 Å². The Hall–Kier alpha value is -2.21. The molecular weight excluding hydrogens is 280 g/mol. The lowest BCUT2D eigenvalue weighted by Crippen LogP contribution is -2.40. The summed E-state index contributed by atoms with van der Waals surface area (Å²) in [6.07, 6.45) is 1.21. The van der Waals surface area contributed by atoms with Gasteiger partial charge in [0.2, 0.25) is 0 Å². The standard InChI is InChI=1S/C16H18N4O2/c21-20(22)14-2-3-15-11(7-14)1-4-16(18-15)19-6-5-12-8-17-9-13(12)10-19/h1-4,7,12-13,17H,5-6,8-10H2. The van der Waals surface area contributed by atoms with Crippen LogP contribution in [-0.4, -0.2) is 36.1 Å². The molecule has 4 rings (SSSR count). The molecule has 3 heterocycles. The average molecular weight is 298 g/mol. The van der Waals surface area contributed by atoms with Gasteiger partial charge < -0.3 is 10.2 Å². The highest BCUT2D eigenvalue weighted by molar-refractivity contribution is 5.82. The number of fused-ring (bicyclic) bond motifs is 2. The fourth-order valence-corrected chi connectivity index (χ4v) is 3.63. The minimum absolute atomic E-state index is 0.111. The maximum Gasteiger partial charge on any atom is 0.270 e. The molecule has 1 aromatic heterocycles. The lowest BCUT2D eigenvalue weighted by molar-refractivity contribution is -0.384. The third kappa shape index (κ3) is 2.29. The summed E-state index contributed by atoms with van der Waals surface area (Å²) in [7, 11) is 0. The normalized spacial score (nSPS) is 24.5. The summed E-state index contributed by atoms with van der Waals surface area (Å²) in [5.41, 5.74) is 0.926. The van der Waals surface area contributed by atoms with E-state index in [1.807, 2.05) is 12.1 Å². The molecule has 2 fully saturated rings. The third-order valence-electron chi connectivity index (χ3n) is 4.90. The molecule has 1 N–H and O–H groups in total. The van der Waals surface area contributed by atoms with Gasteiger partial charge in [0.25, 0.3) is 5.69 Å². The van der Waals surface area contributed by atoms with Gasteiger partial charge in [0, 0.05) is 30.6 Å². The minimum Gasteiger partial charge on any atom is -0.356 e. The predicted octanol–water partition coefficient (Wildman–Crippen LogP) is 2.19. The van der Waals surface area contributed by atoms with E-state index in [1.165, 1.54) is 12.5 Å². The van der Waals surface area contributed by atoms with Gasteiger partial charge in [0.15, 0.2) is 0 Å². The molecule has 2 atom stereocenters. The van der Waals surface area contributed by atoms with E-state index in [-0.39, 0.29) is 10.6 Å². The van der Waals surface area contributed by atoms with Crippen LogP contribution in [0, 0.1) is 22.0 Å². The van der Waals surface area contributed by atoms with E-state index in [4.69, 9.17) is 4.98 Å². The van der Waals surface area contributed by atoms with Gasteiger partial charge in [-0.2, -0.15) is 0 Å². The first-order valence-electron chi connectivity index (χ1n) is 7.71. The van der Waals surface area contributed by atoms with E-state index >= 15 is 0 Å². The SMILES string of the molecule is O=[N+]([O-])c1ccc2nc(N3CCC4CNCC4C3)ccc2c1. The monoisotopic (exact) mass is 298 g/mol. The Morgan fingerprint density at radius 1 is 1.23 bits per heavy atom. The van der Waals surface area contributed by atoms with Crippen LogP contribution in [0.1, 0.15) is 6.42 Å². The predicted molar refractivity (Wildman–Crippen MR) is 85.1 cm³/mol. The maximum atomic E-state index is 10.8.